The lowest BCUT2D eigenvalue weighted by atomic mass is 10.0. The maximum absolute atomic E-state index is 12.8. The Morgan fingerprint density at radius 2 is 2.07 bits per heavy atom. The second-order valence-corrected chi connectivity index (χ2v) is 7.77. The number of hydrogen-bond donors (Lipinski definition) is 0. The zero-order valence-electron chi connectivity index (χ0n) is 15.6. The van der Waals surface area contributed by atoms with Crippen molar-refractivity contribution in [3.8, 4) is 0 Å². The van der Waals surface area contributed by atoms with E-state index in [4.69, 9.17) is 4.42 Å². The minimum absolute atomic E-state index is 0.0230. The maximum Gasteiger partial charge on any atom is 0.445 e. The molecule has 4 amide bonds. The Bertz CT molecular complexity index is 928. The second kappa shape index (κ2) is 7.34. The first-order chi connectivity index (χ1) is 13.5. The number of furan rings is 1. The van der Waals surface area contributed by atoms with E-state index < -0.39 is 17.9 Å². The molecule has 3 aliphatic rings. The van der Waals surface area contributed by atoms with Crippen molar-refractivity contribution in [2.75, 3.05) is 32.9 Å². The number of likely N-dealkylation sites (tertiary alicyclic amines) is 1. The predicted molar refractivity (Wildman–Crippen MR) is 104 cm³/mol. The lowest BCUT2D eigenvalue weighted by Crippen LogP contribution is -2.54. The van der Waals surface area contributed by atoms with Crippen LogP contribution in [0.1, 0.15) is 18.6 Å². The van der Waals surface area contributed by atoms with Gasteiger partial charge < -0.3 is 9.32 Å². The van der Waals surface area contributed by atoms with E-state index in [9.17, 15) is 14.4 Å². The van der Waals surface area contributed by atoms with Crippen LogP contribution in [0.3, 0.4) is 0 Å². The van der Waals surface area contributed by atoms with E-state index in [0.29, 0.717) is 16.6 Å². The van der Waals surface area contributed by atoms with Gasteiger partial charge in [-0.3, -0.25) is 9.59 Å². The van der Waals surface area contributed by atoms with Crippen LogP contribution in [-0.2, 0) is 9.59 Å². The van der Waals surface area contributed by atoms with Gasteiger partial charge in [-0.25, -0.2) is 9.79 Å². The molecule has 0 N–H and O–H groups in total. The minimum Gasteiger partial charge on any atom is -0.459 e. The molecular weight excluding hydrogens is 382 g/mol. The van der Waals surface area contributed by atoms with Crippen LogP contribution in [0.5, 0.6) is 0 Å². The molecule has 4 heterocycles. The molecule has 0 aliphatic carbocycles. The summed E-state index contributed by atoms with van der Waals surface area (Å²) >= 11 is 1.22. The largest absolute Gasteiger partial charge is 0.459 e. The molecule has 1 aromatic heterocycles. The van der Waals surface area contributed by atoms with E-state index in [0.717, 1.165) is 30.8 Å². The zero-order chi connectivity index (χ0) is 19.8. The van der Waals surface area contributed by atoms with Crippen LogP contribution < -0.4 is 0 Å². The van der Waals surface area contributed by atoms with E-state index in [1.54, 1.807) is 19.2 Å². The highest BCUT2D eigenvalue weighted by Crippen LogP contribution is 2.27. The normalized spacial score (nSPS) is 22.4. The summed E-state index contributed by atoms with van der Waals surface area (Å²) < 4.78 is 6.72. The molecule has 0 aromatic carbocycles. The van der Waals surface area contributed by atoms with Gasteiger partial charge in [-0.05, 0) is 25.0 Å². The standard InChI is InChI=1S/C18H20N5O4S/c1-21-15-13(17(25)22(2)18(21)26)16(20-14(19-15)11-6-5-9-27-11)28-10-12(24)23-7-3-4-8-23/h5-6,9,13H,3-4,7-8,10H2,1-2H3/q+1. The molecule has 0 saturated carbocycles. The third-order valence-corrected chi connectivity index (χ3v) is 5.99. The second-order valence-electron chi connectivity index (χ2n) is 6.77. The first-order valence-corrected chi connectivity index (χ1v) is 9.99. The summed E-state index contributed by atoms with van der Waals surface area (Å²) in [5.41, 5.74) is 0. The highest BCUT2D eigenvalue weighted by molar-refractivity contribution is 8.14. The van der Waals surface area contributed by atoms with Crippen LogP contribution in [0.4, 0.5) is 4.79 Å². The molecule has 1 aromatic rings. The zero-order valence-corrected chi connectivity index (χ0v) is 16.4. The number of imide groups is 1. The van der Waals surface area contributed by atoms with E-state index in [2.05, 4.69) is 9.98 Å². The van der Waals surface area contributed by atoms with Crippen molar-refractivity contribution in [1.82, 2.24) is 9.80 Å². The Balaban J connectivity index is 1.68. The number of thioether (sulfide) groups is 1. The van der Waals surface area contributed by atoms with Crippen LogP contribution in [0.25, 0.3) is 0 Å². The minimum atomic E-state index is -0.803. The molecule has 10 heteroatoms. The van der Waals surface area contributed by atoms with Gasteiger partial charge in [0.05, 0.1) is 26.1 Å². The van der Waals surface area contributed by atoms with Gasteiger partial charge >= 0.3 is 11.9 Å². The van der Waals surface area contributed by atoms with Crippen molar-refractivity contribution >= 4 is 46.3 Å². The summed E-state index contributed by atoms with van der Waals surface area (Å²) in [5, 5.41) is 0.445. The molecule has 28 heavy (non-hydrogen) atoms. The van der Waals surface area contributed by atoms with Crippen molar-refractivity contribution in [3.05, 3.63) is 24.2 Å². The Hall–Kier alpha value is -2.75. The van der Waals surface area contributed by atoms with Gasteiger partial charge in [-0.15, -0.1) is 0 Å². The fourth-order valence-electron chi connectivity index (χ4n) is 3.40. The number of aliphatic imine (C=N–C) groups is 2. The molecule has 0 bridgehead atoms. The molecule has 1 unspecified atom stereocenters. The molecule has 1 fully saturated rings. The molecule has 1 saturated heterocycles. The molecule has 3 aliphatic heterocycles. The summed E-state index contributed by atoms with van der Waals surface area (Å²) in [4.78, 5) is 49.4. The monoisotopic (exact) mass is 402 g/mol. The number of rotatable bonds is 3. The average molecular weight is 402 g/mol. The molecule has 146 valence electrons. The number of urea groups is 1. The number of hydrogen-bond acceptors (Lipinski definition) is 7. The Morgan fingerprint density at radius 3 is 2.75 bits per heavy atom. The van der Waals surface area contributed by atoms with Crippen molar-refractivity contribution in [1.29, 1.82) is 0 Å². The number of carbonyl (C=O) groups excluding carboxylic acids is 3. The van der Waals surface area contributed by atoms with Crippen LogP contribution in [0, 0.1) is 5.92 Å². The lowest BCUT2D eigenvalue weighted by Gasteiger charge is -2.26. The highest BCUT2D eigenvalue weighted by Gasteiger charge is 2.49. The van der Waals surface area contributed by atoms with Gasteiger partial charge in [-0.1, -0.05) is 16.8 Å². The lowest BCUT2D eigenvalue weighted by molar-refractivity contribution is -0.407. The number of carbonyl (C=O) groups is 3. The summed E-state index contributed by atoms with van der Waals surface area (Å²) in [6.45, 7) is 1.54. The quantitative estimate of drug-likeness (QED) is 0.704. The molecule has 0 spiro atoms. The predicted octanol–water partition coefficient (Wildman–Crippen LogP) is 1.04. The summed E-state index contributed by atoms with van der Waals surface area (Å²) in [6.07, 6.45) is 3.54. The van der Waals surface area contributed by atoms with Gasteiger partial charge in [0.1, 0.15) is 5.04 Å². The van der Waals surface area contributed by atoms with Gasteiger partial charge in [0.15, 0.2) is 11.7 Å². The Kier molecular flexibility index (Phi) is 4.88. The average Bonchev–Trinajstić information content (AvgIpc) is 3.42. The summed E-state index contributed by atoms with van der Waals surface area (Å²) in [7, 11) is 3.00. The van der Waals surface area contributed by atoms with Crippen LogP contribution in [-0.4, -0.2) is 81.9 Å². The molecular formula is C18H20N5O4S+. The first kappa shape index (κ1) is 18.6. The topological polar surface area (TPSA) is 98.6 Å². The van der Waals surface area contributed by atoms with Crippen LogP contribution in [0.2, 0.25) is 0 Å². The van der Waals surface area contributed by atoms with Crippen LogP contribution in [0.15, 0.2) is 32.8 Å². The van der Waals surface area contributed by atoms with Gasteiger partial charge in [0.2, 0.25) is 5.91 Å². The fraction of sp³-hybridized carbons (Fsp3) is 0.444. The fourth-order valence-corrected chi connectivity index (χ4v) is 4.38. The number of amides is 4. The summed E-state index contributed by atoms with van der Waals surface area (Å²) in [6, 6.07) is 2.96. The molecule has 0 radical (unpaired) electrons. The van der Waals surface area contributed by atoms with Gasteiger partial charge in [-0.2, -0.15) is 9.48 Å². The highest BCUT2D eigenvalue weighted by atomic mass is 32.2. The van der Waals surface area contributed by atoms with Crippen molar-refractivity contribution in [3.63, 3.8) is 0 Å². The maximum atomic E-state index is 12.8. The van der Waals surface area contributed by atoms with Crippen LogP contribution >= 0.6 is 11.8 Å². The smallest absolute Gasteiger partial charge is 0.445 e. The number of nitrogens with zero attached hydrogens (tertiary/aromatic N) is 5. The molecule has 4 rings (SSSR count). The third kappa shape index (κ3) is 3.17. The van der Waals surface area contributed by atoms with E-state index in [1.807, 2.05) is 4.90 Å². The molecule has 9 nitrogen and oxygen atoms in total. The Morgan fingerprint density at radius 1 is 1.32 bits per heavy atom. The number of fused-ring (bicyclic) bond motifs is 1. The molecule has 1 atom stereocenters. The Labute approximate surface area is 165 Å². The van der Waals surface area contributed by atoms with Crippen molar-refractivity contribution < 1.29 is 23.4 Å². The first-order valence-electron chi connectivity index (χ1n) is 9.01. The summed E-state index contributed by atoms with van der Waals surface area (Å²) in [5.74, 6) is 0.0119. The van der Waals surface area contributed by atoms with E-state index >= 15 is 0 Å². The van der Waals surface area contributed by atoms with Crippen molar-refractivity contribution in [2.45, 2.75) is 12.8 Å². The van der Waals surface area contributed by atoms with Crippen molar-refractivity contribution in [2.24, 2.45) is 15.9 Å². The van der Waals surface area contributed by atoms with Gasteiger partial charge in [0.25, 0.3) is 11.7 Å². The SMILES string of the molecule is CN1C(=O)C2C(SCC(=O)N3CCCC3)=NC(c3ccco3)=NC2=[N+](C)C1=O. The van der Waals surface area contributed by atoms with Gasteiger partial charge in [0, 0.05) is 13.1 Å². The number of amidine groups is 2. The third-order valence-electron chi connectivity index (χ3n) is 4.98. The van der Waals surface area contributed by atoms with E-state index in [1.165, 1.54) is 29.6 Å². The van der Waals surface area contributed by atoms with E-state index in [-0.39, 0.29) is 17.5 Å².